The molecule has 27 heavy (non-hydrogen) atoms. The lowest BCUT2D eigenvalue weighted by Gasteiger charge is -2.40. The third kappa shape index (κ3) is 2.41. The molecule has 144 valence electrons. The summed E-state index contributed by atoms with van der Waals surface area (Å²) in [6, 6.07) is 3.25. The fraction of sp³-hybridized carbons (Fsp3) is 0.500. The fourth-order valence-corrected chi connectivity index (χ4v) is 3.85. The molecule has 1 aromatic carbocycles. The van der Waals surface area contributed by atoms with Crippen LogP contribution in [0.3, 0.4) is 0 Å². The van der Waals surface area contributed by atoms with Crippen molar-refractivity contribution in [2.24, 2.45) is 0 Å². The fourth-order valence-electron chi connectivity index (χ4n) is 3.85. The maximum Gasteiger partial charge on any atom is 0.343 e. The number of hydrogen-bond donors (Lipinski definition) is 1. The summed E-state index contributed by atoms with van der Waals surface area (Å²) < 4.78 is 21.0. The molecular formula is C18H20N2O7. The summed E-state index contributed by atoms with van der Waals surface area (Å²) in [5.41, 5.74) is -0.918. The molecule has 1 atom stereocenters. The molecular weight excluding hydrogens is 356 g/mol. The third-order valence-electron chi connectivity index (χ3n) is 5.01. The number of hydrogen-bond acceptors (Lipinski definition) is 8. The van der Waals surface area contributed by atoms with Crippen LogP contribution >= 0.6 is 0 Å². The Morgan fingerprint density at radius 2 is 1.81 bits per heavy atom. The zero-order valence-electron chi connectivity index (χ0n) is 15.1. The summed E-state index contributed by atoms with van der Waals surface area (Å²) in [6.07, 6.45) is -0.00867. The third-order valence-corrected chi connectivity index (χ3v) is 5.01. The SMILES string of the molecule is CCOC(=O)C1(C(=O)OCC)CCC2Nc3cc4c(cc3C(=O)N21)OCO4. The second-order valence-electron chi connectivity index (χ2n) is 6.43. The molecule has 1 N–H and O–H groups in total. The number of carbonyl (C=O) groups is 3. The Morgan fingerprint density at radius 3 is 2.44 bits per heavy atom. The van der Waals surface area contributed by atoms with Crippen molar-refractivity contribution in [1.29, 1.82) is 0 Å². The molecule has 4 rings (SSSR count). The van der Waals surface area contributed by atoms with Gasteiger partial charge in [0.25, 0.3) is 5.91 Å². The summed E-state index contributed by atoms with van der Waals surface area (Å²) in [4.78, 5) is 40.2. The Bertz CT molecular complexity index is 804. The molecule has 9 heteroatoms. The molecule has 1 aromatic rings. The minimum atomic E-state index is -1.80. The molecule has 0 aromatic heterocycles. The summed E-state index contributed by atoms with van der Waals surface area (Å²) in [7, 11) is 0. The molecule has 0 bridgehead atoms. The van der Waals surface area contributed by atoms with Gasteiger partial charge < -0.3 is 24.3 Å². The zero-order chi connectivity index (χ0) is 19.2. The van der Waals surface area contributed by atoms with Crippen molar-refractivity contribution in [1.82, 2.24) is 4.90 Å². The number of anilines is 1. The van der Waals surface area contributed by atoms with E-state index in [4.69, 9.17) is 18.9 Å². The Hall–Kier alpha value is -2.97. The highest BCUT2D eigenvalue weighted by Gasteiger charge is 2.63. The summed E-state index contributed by atoms with van der Waals surface area (Å²) >= 11 is 0. The lowest BCUT2D eigenvalue weighted by atomic mass is 9.95. The molecule has 3 heterocycles. The molecule has 0 spiro atoms. The molecule has 0 aliphatic carbocycles. The molecule has 0 saturated carbocycles. The first-order valence-corrected chi connectivity index (χ1v) is 8.91. The number of carbonyl (C=O) groups excluding carboxylic acids is 3. The van der Waals surface area contributed by atoms with Crippen molar-refractivity contribution < 1.29 is 33.3 Å². The average Bonchev–Trinajstić information content (AvgIpc) is 3.25. The number of rotatable bonds is 4. The number of ether oxygens (including phenoxy) is 4. The topological polar surface area (TPSA) is 103 Å². The van der Waals surface area contributed by atoms with Crippen molar-refractivity contribution >= 4 is 23.5 Å². The lowest BCUT2D eigenvalue weighted by Crippen LogP contribution is -2.64. The van der Waals surface area contributed by atoms with Gasteiger partial charge in [0.1, 0.15) is 6.17 Å². The smallest absolute Gasteiger partial charge is 0.343 e. The second kappa shape index (κ2) is 6.33. The molecule has 1 fully saturated rings. The summed E-state index contributed by atoms with van der Waals surface area (Å²) in [6.45, 7) is 3.56. The first kappa shape index (κ1) is 17.4. The van der Waals surface area contributed by atoms with Gasteiger partial charge in [-0.1, -0.05) is 0 Å². The van der Waals surface area contributed by atoms with Gasteiger partial charge in [-0.05, 0) is 32.8 Å². The molecule has 1 unspecified atom stereocenters. The average molecular weight is 376 g/mol. The normalized spacial score (nSPS) is 21.2. The van der Waals surface area contributed by atoms with Crippen molar-refractivity contribution in [3.63, 3.8) is 0 Å². The van der Waals surface area contributed by atoms with Gasteiger partial charge in [-0.15, -0.1) is 0 Å². The Balaban J connectivity index is 1.78. The van der Waals surface area contributed by atoms with Gasteiger partial charge in [0.2, 0.25) is 12.3 Å². The van der Waals surface area contributed by atoms with Crippen molar-refractivity contribution in [3.8, 4) is 11.5 Å². The maximum absolute atomic E-state index is 13.3. The second-order valence-corrected chi connectivity index (χ2v) is 6.43. The Kier molecular flexibility index (Phi) is 4.09. The van der Waals surface area contributed by atoms with E-state index in [1.807, 2.05) is 0 Å². The maximum atomic E-state index is 13.3. The van der Waals surface area contributed by atoms with Crippen LogP contribution in [0.5, 0.6) is 11.5 Å². The highest BCUT2D eigenvalue weighted by molar-refractivity contribution is 6.13. The molecule has 3 aliphatic rings. The van der Waals surface area contributed by atoms with Crippen LogP contribution in [0.4, 0.5) is 5.69 Å². The monoisotopic (exact) mass is 376 g/mol. The van der Waals surface area contributed by atoms with Gasteiger partial charge in [0, 0.05) is 6.07 Å². The van der Waals surface area contributed by atoms with E-state index in [-0.39, 0.29) is 26.4 Å². The van der Waals surface area contributed by atoms with Gasteiger partial charge in [0.15, 0.2) is 11.5 Å². The van der Waals surface area contributed by atoms with Crippen LogP contribution < -0.4 is 14.8 Å². The van der Waals surface area contributed by atoms with Gasteiger partial charge >= 0.3 is 11.9 Å². The predicted octanol–water partition coefficient (Wildman–Crippen LogP) is 1.27. The van der Waals surface area contributed by atoms with E-state index in [1.54, 1.807) is 26.0 Å². The van der Waals surface area contributed by atoms with Crippen molar-refractivity contribution in [3.05, 3.63) is 17.7 Å². The summed E-state index contributed by atoms with van der Waals surface area (Å²) in [5.74, 6) is -1.01. The minimum Gasteiger partial charge on any atom is -0.464 e. The number of esters is 2. The van der Waals surface area contributed by atoms with E-state index < -0.39 is 29.6 Å². The standard InChI is InChI=1S/C18H20N2O7/c1-3-24-16(22)18(17(23)25-4-2)6-5-14-19-11-8-13-12(26-9-27-13)7-10(11)15(21)20(14)18/h7-8,14,19H,3-6,9H2,1-2H3. The number of nitrogens with zero attached hydrogens (tertiary/aromatic N) is 1. The highest BCUT2D eigenvalue weighted by Crippen LogP contribution is 2.45. The lowest BCUT2D eigenvalue weighted by molar-refractivity contribution is -0.171. The molecule has 0 radical (unpaired) electrons. The van der Waals surface area contributed by atoms with Gasteiger partial charge in [-0.3, -0.25) is 9.69 Å². The van der Waals surface area contributed by atoms with Crippen LogP contribution in [0, 0.1) is 0 Å². The quantitative estimate of drug-likeness (QED) is 0.619. The van der Waals surface area contributed by atoms with Crippen molar-refractivity contribution in [2.45, 2.75) is 38.4 Å². The van der Waals surface area contributed by atoms with Crippen LogP contribution in [0.25, 0.3) is 0 Å². The first-order chi connectivity index (χ1) is 13.0. The largest absolute Gasteiger partial charge is 0.464 e. The van der Waals surface area contributed by atoms with E-state index in [2.05, 4.69) is 5.32 Å². The number of fused-ring (bicyclic) bond motifs is 3. The Labute approximate surface area is 155 Å². The predicted molar refractivity (Wildman–Crippen MR) is 91.4 cm³/mol. The van der Waals surface area contributed by atoms with E-state index in [1.165, 1.54) is 4.90 Å². The van der Waals surface area contributed by atoms with E-state index in [0.717, 1.165) is 0 Å². The molecule has 9 nitrogen and oxygen atoms in total. The van der Waals surface area contributed by atoms with Crippen LogP contribution in [0.15, 0.2) is 12.1 Å². The van der Waals surface area contributed by atoms with E-state index in [0.29, 0.717) is 29.2 Å². The molecule has 1 amide bonds. The minimum absolute atomic E-state index is 0.0785. The van der Waals surface area contributed by atoms with E-state index >= 15 is 0 Å². The Morgan fingerprint density at radius 1 is 1.19 bits per heavy atom. The van der Waals surface area contributed by atoms with Crippen molar-refractivity contribution in [2.75, 3.05) is 25.3 Å². The number of amides is 1. The van der Waals surface area contributed by atoms with Crippen LogP contribution in [-0.2, 0) is 19.1 Å². The first-order valence-electron chi connectivity index (χ1n) is 8.91. The zero-order valence-corrected chi connectivity index (χ0v) is 15.1. The highest BCUT2D eigenvalue weighted by atomic mass is 16.7. The van der Waals surface area contributed by atoms with Gasteiger partial charge in [0.05, 0.1) is 24.5 Å². The molecule has 3 aliphatic heterocycles. The van der Waals surface area contributed by atoms with Gasteiger partial charge in [-0.25, -0.2) is 9.59 Å². The van der Waals surface area contributed by atoms with Crippen LogP contribution in [-0.4, -0.2) is 54.5 Å². The van der Waals surface area contributed by atoms with Crippen LogP contribution in [0.2, 0.25) is 0 Å². The summed E-state index contributed by atoms with van der Waals surface area (Å²) in [5, 5.41) is 3.22. The van der Waals surface area contributed by atoms with Crippen LogP contribution in [0.1, 0.15) is 37.0 Å². The number of nitrogens with one attached hydrogen (secondary N) is 1. The van der Waals surface area contributed by atoms with E-state index in [9.17, 15) is 14.4 Å². The number of benzene rings is 1. The van der Waals surface area contributed by atoms with Gasteiger partial charge in [-0.2, -0.15) is 0 Å². The molecule has 1 saturated heterocycles.